The third-order valence-electron chi connectivity index (χ3n) is 2.72. The smallest absolute Gasteiger partial charge is 0.168 e. The van der Waals surface area contributed by atoms with Crippen LogP contribution in [-0.4, -0.2) is 16.5 Å². The molecule has 1 heterocycles. The number of hydrogen-bond donors (Lipinski definition) is 1. The third kappa shape index (κ3) is 4.56. The maximum absolute atomic E-state index is 13.3. The van der Waals surface area contributed by atoms with Gasteiger partial charge in [-0.1, -0.05) is 18.5 Å². The van der Waals surface area contributed by atoms with Crippen molar-refractivity contribution < 1.29 is 9.13 Å². The van der Waals surface area contributed by atoms with Crippen molar-refractivity contribution in [2.75, 3.05) is 11.9 Å². The minimum Gasteiger partial charge on any atom is -0.486 e. The average Bonchev–Trinajstić information content (AvgIpc) is 2.46. The summed E-state index contributed by atoms with van der Waals surface area (Å²) in [5.74, 6) is 1.20. The molecule has 1 N–H and O–H groups in total. The van der Waals surface area contributed by atoms with Gasteiger partial charge in [0, 0.05) is 24.4 Å². The zero-order valence-corrected chi connectivity index (χ0v) is 12.7. The van der Waals surface area contributed by atoms with E-state index in [-0.39, 0.29) is 11.6 Å². The molecule has 2 rings (SSSR count). The maximum atomic E-state index is 13.3. The summed E-state index contributed by atoms with van der Waals surface area (Å²) in [6.07, 6.45) is 1.01. The van der Waals surface area contributed by atoms with E-state index in [1.807, 2.05) is 13.0 Å². The Balaban J connectivity index is 2.05. The van der Waals surface area contributed by atoms with Crippen LogP contribution in [0.15, 0.2) is 24.3 Å². The molecule has 0 fully saturated rings. The standard InChI is InChI=1S/C15H17ClFN3O/c1-3-6-18-14-7-10(2)19-15(20-14)9-21-11-4-5-12(16)13(17)8-11/h4-5,7-8H,3,6,9H2,1-2H3,(H,18,19,20). The van der Waals surface area contributed by atoms with E-state index in [0.29, 0.717) is 11.6 Å². The van der Waals surface area contributed by atoms with E-state index in [1.165, 1.54) is 12.1 Å². The normalized spacial score (nSPS) is 10.5. The molecule has 0 aliphatic heterocycles. The highest BCUT2D eigenvalue weighted by molar-refractivity contribution is 6.30. The summed E-state index contributed by atoms with van der Waals surface area (Å²) in [5, 5.41) is 3.28. The molecule has 21 heavy (non-hydrogen) atoms. The third-order valence-corrected chi connectivity index (χ3v) is 3.02. The van der Waals surface area contributed by atoms with Crippen LogP contribution in [-0.2, 0) is 6.61 Å². The fourth-order valence-corrected chi connectivity index (χ4v) is 1.87. The van der Waals surface area contributed by atoms with Gasteiger partial charge in [-0.05, 0) is 25.5 Å². The molecule has 1 aromatic heterocycles. The number of halogens is 2. The Morgan fingerprint density at radius 1 is 1.29 bits per heavy atom. The predicted octanol–water partition coefficient (Wildman–Crippen LogP) is 3.98. The molecule has 0 atom stereocenters. The fourth-order valence-electron chi connectivity index (χ4n) is 1.75. The van der Waals surface area contributed by atoms with Gasteiger partial charge in [0.25, 0.3) is 0 Å². The quantitative estimate of drug-likeness (QED) is 0.877. The first kappa shape index (κ1) is 15.5. The second kappa shape index (κ2) is 7.22. The Morgan fingerprint density at radius 3 is 2.81 bits per heavy atom. The van der Waals surface area contributed by atoms with Crippen LogP contribution < -0.4 is 10.1 Å². The van der Waals surface area contributed by atoms with Crippen molar-refractivity contribution in [2.24, 2.45) is 0 Å². The SMILES string of the molecule is CCCNc1cc(C)nc(COc2ccc(Cl)c(F)c2)n1. The topological polar surface area (TPSA) is 47.0 Å². The van der Waals surface area contributed by atoms with Crippen molar-refractivity contribution in [1.82, 2.24) is 9.97 Å². The van der Waals surface area contributed by atoms with E-state index in [9.17, 15) is 4.39 Å². The number of benzene rings is 1. The molecule has 0 unspecified atom stereocenters. The molecule has 0 amide bonds. The van der Waals surface area contributed by atoms with Crippen molar-refractivity contribution in [3.8, 4) is 5.75 Å². The lowest BCUT2D eigenvalue weighted by molar-refractivity contribution is 0.294. The van der Waals surface area contributed by atoms with Crippen LogP contribution in [0.2, 0.25) is 5.02 Å². The molecular formula is C15H17ClFN3O. The van der Waals surface area contributed by atoms with Gasteiger partial charge >= 0.3 is 0 Å². The Kier molecular flexibility index (Phi) is 5.33. The number of aryl methyl sites for hydroxylation is 1. The zero-order valence-electron chi connectivity index (χ0n) is 12.0. The summed E-state index contributed by atoms with van der Waals surface area (Å²) < 4.78 is 18.8. The molecule has 0 saturated heterocycles. The van der Waals surface area contributed by atoms with Crippen molar-refractivity contribution in [1.29, 1.82) is 0 Å². The molecule has 2 aromatic rings. The molecule has 6 heteroatoms. The van der Waals surface area contributed by atoms with Gasteiger partial charge in [-0.3, -0.25) is 0 Å². The monoisotopic (exact) mass is 309 g/mol. The van der Waals surface area contributed by atoms with Crippen LogP contribution in [0.4, 0.5) is 10.2 Å². The van der Waals surface area contributed by atoms with Gasteiger partial charge in [0.1, 0.15) is 24.0 Å². The van der Waals surface area contributed by atoms with Crippen molar-refractivity contribution in [3.05, 3.63) is 46.6 Å². The zero-order chi connectivity index (χ0) is 15.2. The summed E-state index contributed by atoms with van der Waals surface area (Å²) in [6, 6.07) is 6.19. The molecule has 0 aliphatic rings. The summed E-state index contributed by atoms with van der Waals surface area (Å²) in [5.41, 5.74) is 0.851. The van der Waals surface area contributed by atoms with Gasteiger partial charge in [0.15, 0.2) is 5.82 Å². The number of hydrogen-bond acceptors (Lipinski definition) is 4. The highest BCUT2D eigenvalue weighted by Crippen LogP contribution is 2.21. The summed E-state index contributed by atoms with van der Waals surface area (Å²) in [6.45, 7) is 4.99. The van der Waals surface area contributed by atoms with Crippen molar-refractivity contribution in [3.63, 3.8) is 0 Å². The van der Waals surface area contributed by atoms with Gasteiger partial charge in [0.05, 0.1) is 5.02 Å². The number of rotatable bonds is 6. The predicted molar refractivity (Wildman–Crippen MR) is 81.3 cm³/mol. The Bertz CT molecular complexity index is 622. The van der Waals surface area contributed by atoms with Crippen LogP contribution in [0.5, 0.6) is 5.75 Å². The first-order valence-electron chi connectivity index (χ1n) is 6.74. The number of ether oxygens (including phenoxy) is 1. The molecule has 0 spiro atoms. The molecule has 1 aromatic carbocycles. The molecule has 0 saturated carbocycles. The van der Waals surface area contributed by atoms with Crippen LogP contribution in [0.1, 0.15) is 24.9 Å². The van der Waals surface area contributed by atoms with E-state index >= 15 is 0 Å². The minimum atomic E-state index is -0.510. The van der Waals surface area contributed by atoms with Gasteiger partial charge in [-0.25, -0.2) is 14.4 Å². The summed E-state index contributed by atoms with van der Waals surface area (Å²) >= 11 is 5.62. The number of nitrogens with one attached hydrogen (secondary N) is 1. The second-order valence-electron chi connectivity index (χ2n) is 4.60. The van der Waals surface area contributed by atoms with E-state index in [4.69, 9.17) is 16.3 Å². The molecule has 4 nitrogen and oxygen atoms in total. The van der Waals surface area contributed by atoms with Crippen LogP contribution in [0, 0.1) is 12.7 Å². The van der Waals surface area contributed by atoms with Gasteiger partial charge in [-0.2, -0.15) is 0 Å². The van der Waals surface area contributed by atoms with Gasteiger partial charge < -0.3 is 10.1 Å². The molecule has 0 aliphatic carbocycles. The minimum absolute atomic E-state index is 0.0696. The lowest BCUT2D eigenvalue weighted by atomic mass is 10.3. The number of nitrogens with zero attached hydrogens (tertiary/aromatic N) is 2. The Morgan fingerprint density at radius 2 is 2.10 bits per heavy atom. The maximum Gasteiger partial charge on any atom is 0.168 e. The average molecular weight is 310 g/mol. The van der Waals surface area contributed by atoms with Crippen molar-refractivity contribution >= 4 is 17.4 Å². The highest BCUT2D eigenvalue weighted by Gasteiger charge is 2.05. The molecular weight excluding hydrogens is 293 g/mol. The first-order chi connectivity index (χ1) is 10.1. The lowest BCUT2D eigenvalue weighted by Gasteiger charge is -2.09. The van der Waals surface area contributed by atoms with E-state index in [2.05, 4.69) is 22.2 Å². The number of aromatic nitrogens is 2. The molecule has 0 bridgehead atoms. The van der Waals surface area contributed by atoms with E-state index in [0.717, 1.165) is 24.5 Å². The summed E-state index contributed by atoms with van der Waals surface area (Å²) in [4.78, 5) is 8.66. The van der Waals surface area contributed by atoms with Gasteiger partial charge in [0.2, 0.25) is 0 Å². The number of anilines is 1. The van der Waals surface area contributed by atoms with Crippen LogP contribution in [0.3, 0.4) is 0 Å². The first-order valence-corrected chi connectivity index (χ1v) is 7.12. The molecule has 0 radical (unpaired) electrons. The Hall–Kier alpha value is -1.88. The Labute approximate surface area is 128 Å². The largest absolute Gasteiger partial charge is 0.486 e. The van der Waals surface area contributed by atoms with Crippen molar-refractivity contribution in [2.45, 2.75) is 26.9 Å². The van der Waals surface area contributed by atoms with Crippen LogP contribution in [0.25, 0.3) is 0 Å². The second-order valence-corrected chi connectivity index (χ2v) is 5.01. The summed E-state index contributed by atoms with van der Waals surface area (Å²) in [7, 11) is 0. The fraction of sp³-hybridized carbons (Fsp3) is 0.333. The van der Waals surface area contributed by atoms with E-state index < -0.39 is 5.82 Å². The molecule has 112 valence electrons. The van der Waals surface area contributed by atoms with E-state index in [1.54, 1.807) is 6.07 Å². The van der Waals surface area contributed by atoms with Gasteiger partial charge in [-0.15, -0.1) is 0 Å². The van der Waals surface area contributed by atoms with Crippen LogP contribution >= 0.6 is 11.6 Å². The lowest BCUT2D eigenvalue weighted by Crippen LogP contribution is -2.08. The highest BCUT2D eigenvalue weighted by atomic mass is 35.5.